The monoisotopic (exact) mass is 351 g/mol. The fourth-order valence-corrected chi connectivity index (χ4v) is 2.40. The quantitative estimate of drug-likeness (QED) is 0.341. The van der Waals surface area contributed by atoms with Crippen molar-refractivity contribution in [2.75, 3.05) is 5.32 Å². The van der Waals surface area contributed by atoms with Gasteiger partial charge in [0.15, 0.2) is 5.84 Å². The van der Waals surface area contributed by atoms with Gasteiger partial charge in [0.2, 0.25) is 0 Å². The molecule has 2 aromatic rings. The highest BCUT2D eigenvalue weighted by Gasteiger charge is 2.07. The Morgan fingerprint density at radius 2 is 2.10 bits per heavy atom. The molecule has 0 saturated carbocycles. The van der Waals surface area contributed by atoms with Gasteiger partial charge in [0, 0.05) is 27.8 Å². The number of nitrogens with zero attached hydrogens (tertiary/aromatic N) is 1. The van der Waals surface area contributed by atoms with E-state index in [9.17, 15) is 4.39 Å². The Kier molecular flexibility index (Phi) is 4.80. The smallest absolute Gasteiger partial charge is 0.170 e. The van der Waals surface area contributed by atoms with Gasteiger partial charge in [0.1, 0.15) is 5.82 Å². The SMILES string of the molecule is Cc1cc(Br)ccc1NCc1ccc(C(N)=NO)cc1F. The summed E-state index contributed by atoms with van der Waals surface area (Å²) in [5, 5.41) is 14.6. The third-order valence-electron chi connectivity index (χ3n) is 3.11. The summed E-state index contributed by atoms with van der Waals surface area (Å²) in [6.07, 6.45) is 0. The maximum absolute atomic E-state index is 14.0. The van der Waals surface area contributed by atoms with Gasteiger partial charge in [-0.3, -0.25) is 0 Å². The second-order valence-electron chi connectivity index (χ2n) is 4.60. The van der Waals surface area contributed by atoms with Crippen molar-refractivity contribution in [1.82, 2.24) is 0 Å². The number of halogens is 2. The molecule has 110 valence electrons. The van der Waals surface area contributed by atoms with Gasteiger partial charge in [-0.2, -0.15) is 0 Å². The summed E-state index contributed by atoms with van der Waals surface area (Å²) in [7, 11) is 0. The van der Waals surface area contributed by atoms with Gasteiger partial charge in [0.05, 0.1) is 0 Å². The highest BCUT2D eigenvalue weighted by atomic mass is 79.9. The molecule has 4 nitrogen and oxygen atoms in total. The van der Waals surface area contributed by atoms with Crippen molar-refractivity contribution >= 4 is 27.5 Å². The van der Waals surface area contributed by atoms with E-state index in [2.05, 4.69) is 26.4 Å². The number of aryl methyl sites for hydroxylation is 1. The zero-order valence-electron chi connectivity index (χ0n) is 11.4. The highest BCUT2D eigenvalue weighted by molar-refractivity contribution is 9.10. The second-order valence-corrected chi connectivity index (χ2v) is 5.52. The van der Waals surface area contributed by atoms with E-state index in [0.717, 1.165) is 15.7 Å². The van der Waals surface area contributed by atoms with E-state index in [4.69, 9.17) is 10.9 Å². The van der Waals surface area contributed by atoms with Gasteiger partial charge in [0.25, 0.3) is 0 Å². The van der Waals surface area contributed by atoms with Gasteiger partial charge in [-0.1, -0.05) is 33.2 Å². The Hall–Kier alpha value is -2.08. The summed E-state index contributed by atoms with van der Waals surface area (Å²) in [6.45, 7) is 2.33. The number of amidine groups is 1. The van der Waals surface area contributed by atoms with Crippen LogP contribution in [0.5, 0.6) is 0 Å². The molecule has 0 bridgehead atoms. The minimum Gasteiger partial charge on any atom is -0.409 e. The van der Waals surface area contributed by atoms with Gasteiger partial charge in [-0.25, -0.2) is 4.39 Å². The molecule has 0 aliphatic heterocycles. The number of benzene rings is 2. The summed E-state index contributed by atoms with van der Waals surface area (Å²) >= 11 is 3.40. The molecule has 0 unspecified atom stereocenters. The summed E-state index contributed by atoms with van der Waals surface area (Å²) in [6, 6.07) is 10.3. The Balaban J connectivity index is 2.13. The molecule has 0 amide bonds. The molecule has 4 N–H and O–H groups in total. The molecule has 0 saturated heterocycles. The number of anilines is 1. The van der Waals surface area contributed by atoms with E-state index in [1.165, 1.54) is 6.07 Å². The zero-order valence-corrected chi connectivity index (χ0v) is 13.0. The minimum atomic E-state index is -0.402. The third kappa shape index (κ3) is 3.72. The summed E-state index contributed by atoms with van der Waals surface area (Å²) < 4.78 is 15.0. The van der Waals surface area contributed by atoms with E-state index >= 15 is 0 Å². The average molecular weight is 352 g/mol. The van der Waals surface area contributed by atoms with E-state index in [1.807, 2.05) is 25.1 Å². The van der Waals surface area contributed by atoms with E-state index in [0.29, 0.717) is 17.7 Å². The molecule has 2 rings (SSSR count). The molecular weight excluding hydrogens is 337 g/mol. The van der Waals surface area contributed by atoms with E-state index in [1.54, 1.807) is 12.1 Å². The standard InChI is InChI=1S/C15H15BrFN3O/c1-9-6-12(16)4-5-14(9)19-8-11-3-2-10(7-13(11)17)15(18)20-21/h2-7,19,21H,8H2,1H3,(H2,18,20). The van der Waals surface area contributed by atoms with Crippen LogP contribution in [0.25, 0.3) is 0 Å². The summed E-state index contributed by atoms with van der Waals surface area (Å²) in [5.41, 5.74) is 8.29. The third-order valence-corrected chi connectivity index (χ3v) is 3.61. The highest BCUT2D eigenvalue weighted by Crippen LogP contribution is 2.21. The lowest BCUT2D eigenvalue weighted by molar-refractivity contribution is 0.318. The lowest BCUT2D eigenvalue weighted by atomic mass is 10.1. The van der Waals surface area contributed by atoms with Crippen LogP contribution in [0.1, 0.15) is 16.7 Å². The fourth-order valence-electron chi connectivity index (χ4n) is 1.92. The fraction of sp³-hybridized carbons (Fsp3) is 0.133. The van der Waals surface area contributed by atoms with Crippen LogP contribution in [0.2, 0.25) is 0 Å². The number of nitrogens with one attached hydrogen (secondary N) is 1. The Morgan fingerprint density at radius 3 is 2.71 bits per heavy atom. The number of nitrogens with two attached hydrogens (primary N) is 1. The zero-order chi connectivity index (χ0) is 15.4. The molecule has 0 radical (unpaired) electrons. The average Bonchev–Trinajstić information content (AvgIpc) is 2.46. The summed E-state index contributed by atoms with van der Waals surface area (Å²) in [5.74, 6) is -0.515. The van der Waals surface area contributed by atoms with Crippen molar-refractivity contribution in [3.05, 3.63) is 63.4 Å². The van der Waals surface area contributed by atoms with Crippen LogP contribution in [-0.2, 0) is 6.54 Å². The lowest BCUT2D eigenvalue weighted by Gasteiger charge is -2.11. The lowest BCUT2D eigenvalue weighted by Crippen LogP contribution is -2.14. The Morgan fingerprint density at radius 1 is 1.33 bits per heavy atom. The van der Waals surface area contributed by atoms with Crippen LogP contribution < -0.4 is 11.1 Å². The minimum absolute atomic E-state index is 0.114. The van der Waals surface area contributed by atoms with Crippen molar-refractivity contribution in [1.29, 1.82) is 0 Å². The number of hydrogen-bond acceptors (Lipinski definition) is 3. The van der Waals surface area contributed by atoms with Crippen LogP contribution >= 0.6 is 15.9 Å². The number of rotatable bonds is 4. The topological polar surface area (TPSA) is 70.6 Å². The first-order valence-corrected chi connectivity index (χ1v) is 7.07. The van der Waals surface area contributed by atoms with Crippen LogP contribution in [-0.4, -0.2) is 11.0 Å². The molecular formula is C15H15BrFN3O. The van der Waals surface area contributed by atoms with Crippen LogP contribution in [0, 0.1) is 12.7 Å². The van der Waals surface area contributed by atoms with Crippen molar-refractivity contribution in [2.24, 2.45) is 10.9 Å². The molecule has 0 spiro atoms. The first kappa shape index (κ1) is 15.3. The van der Waals surface area contributed by atoms with Crippen LogP contribution in [0.15, 0.2) is 46.0 Å². The molecule has 0 fully saturated rings. The second kappa shape index (κ2) is 6.58. The Bertz CT molecular complexity index is 689. The van der Waals surface area contributed by atoms with Crippen molar-refractivity contribution in [3.63, 3.8) is 0 Å². The van der Waals surface area contributed by atoms with Crippen molar-refractivity contribution in [2.45, 2.75) is 13.5 Å². The van der Waals surface area contributed by atoms with Gasteiger partial charge < -0.3 is 16.3 Å². The van der Waals surface area contributed by atoms with Gasteiger partial charge in [-0.15, -0.1) is 0 Å². The van der Waals surface area contributed by atoms with Gasteiger partial charge >= 0.3 is 0 Å². The van der Waals surface area contributed by atoms with E-state index in [-0.39, 0.29) is 5.84 Å². The van der Waals surface area contributed by atoms with Gasteiger partial charge in [-0.05, 0) is 36.8 Å². The summed E-state index contributed by atoms with van der Waals surface area (Å²) in [4.78, 5) is 0. The molecule has 2 aromatic carbocycles. The van der Waals surface area contributed by atoms with E-state index < -0.39 is 5.82 Å². The molecule has 0 heterocycles. The molecule has 21 heavy (non-hydrogen) atoms. The largest absolute Gasteiger partial charge is 0.409 e. The number of hydrogen-bond donors (Lipinski definition) is 3. The number of oxime groups is 1. The molecule has 6 heteroatoms. The van der Waals surface area contributed by atoms with Crippen molar-refractivity contribution in [3.8, 4) is 0 Å². The predicted octanol–water partition coefficient (Wildman–Crippen LogP) is 3.60. The molecule has 0 aromatic heterocycles. The van der Waals surface area contributed by atoms with Crippen molar-refractivity contribution < 1.29 is 9.60 Å². The molecule has 0 aliphatic carbocycles. The Labute approximate surface area is 130 Å². The van der Waals surface area contributed by atoms with Crippen LogP contribution in [0.3, 0.4) is 0 Å². The normalized spacial score (nSPS) is 11.5. The first-order chi connectivity index (χ1) is 10.0. The molecule has 0 aliphatic rings. The first-order valence-electron chi connectivity index (χ1n) is 6.27. The molecule has 0 atom stereocenters. The maximum Gasteiger partial charge on any atom is 0.170 e. The van der Waals surface area contributed by atoms with Crippen LogP contribution in [0.4, 0.5) is 10.1 Å². The maximum atomic E-state index is 14.0. The predicted molar refractivity (Wildman–Crippen MR) is 85.1 cm³/mol.